The van der Waals surface area contributed by atoms with Gasteiger partial charge in [0, 0.05) is 12.1 Å². The second-order valence-corrected chi connectivity index (χ2v) is 6.42. The number of furan rings is 1. The highest BCUT2D eigenvalue weighted by atomic mass is 127. The van der Waals surface area contributed by atoms with Gasteiger partial charge in [-0.2, -0.15) is 0 Å². The second kappa shape index (κ2) is 9.40. The summed E-state index contributed by atoms with van der Waals surface area (Å²) < 4.78 is 16.2. The van der Waals surface area contributed by atoms with Crippen LogP contribution in [0.15, 0.2) is 33.2 Å². The van der Waals surface area contributed by atoms with Gasteiger partial charge in [0.15, 0.2) is 15.7 Å². The molecule has 0 aliphatic rings. The summed E-state index contributed by atoms with van der Waals surface area (Å²) in [7, 11) is 0. The van der Waals surface area contributed by atoms with Gasteiger partial charge in [0.1, 0.15) is 11.5 Å². The Bertz CT molecular complexity index is 750. The van der Waals surface area contributed by atoms with E-state index in [1.807, 2.05) is 29.5 Å². The number of hydrogen-bond donors (Lipinski definition) is 1. The average molecular weight is 458 g/mol. The van der Waals surface area contributed by atoms with Gasteiger partial charge in [-0.3, -0.25) is 4.79 Å². The number of aromatic nitrogens is 1. The molecule has 0 aromatic carbocycles. The maximum atomic E-state index is 12.3. The highest BCUT2D eigenvalue weighted by molar-refractivity contribution is 14.1. The van der Waals surface area contributed by atoms with Crippen LogP contribution in [-0.2, 0) is 14.3 Å². The molecule has 1 N–H and O–H groups in total. The molecule has 1 amide bonds. The van der Waals surface area contributed by atoms with Crippen molar-refractivity contribution in [1.82, 2.24) is 5.16 Å². The Kier molecular flexibility index (Phi) is 7.23. The smallest absolute Gasteiger partial charge is 0.331 e. The van der Waals surface area contributed by atoms with E-state index in [1.165, 1.54) is 12.2 Å². The monoisotopic (exact) mass is 458 g/mol. The molecule has 7 nitrogen and oxygen atoms in total. The maximum Gasteiger partial charge on any atom is 0.331 e. The number of anilines is 1. The zero-order valence-corrected chi connectivity index (χ0v) is 16.1. The SMILES string of the molecule is CCCCC(OC(=O)/C=C/c1ccc(I)o1)C(=O)Nc1cc(C)on1. The molecule has 0 saturated carbocycles. The minimum absolute atomic E-state index is 0.292. The van der Waals surface area contributed by atoms with Crippen molar-refractivity contribution in [2.45, 2.75) is 39.2 Å². The first-order valence-corrected chi connectivity index (χ1v) is 8.94. The molecule has 2 rings (SSSR count). The zero-order chi connectivity index (χ0) is 18.2. The molecule has 0 radical (unpaired) electrons. The Labute approximate surface area is 158 Å². The Morgan fingerprint density at radius 3 is 2.84 bits per heavy atom. The summed E-state index contributed by atoms with van der Waals surface area (Å²) >= 11 is 2.03. The molecular formula is C17H19IN2O5. The van der Waals surface area contributed by atoms with Gasteiger partial charge >= 0.3 is 5.97 Å². The molecule has 1 atom stereocenters. The third-order valence-electron chi connectivity index (χ3n) is 3.23. The van der Waals surface area contributed by atoms with Gasteiger partial charge in [-0.15, -0.1) is 0 Å². The van der Waals surface area contributed by atoms with Gasteiger partial charge in [0.2, 0.25) is 0 Å². The summed E-state index contributed by atoms with van der Waals surface area (Å²) in [6, 6.07) is 5.11. The molecule has 134 valence electrons. The van der Waals surface area contributed by atoms with Crippen molar-refractivity contribution >= 4 is 46.4 Å². The van der Waals surface area contributed by atoms with Crippen LogP contribution in [-0.4, -0.2) is 23.1 Å². The third kappa shape index (κ3) is 6.37. The van der Waals surface area contributed by atoms with Crippen molar-refractivity contribution in [3.63, 3.8) is 0 Å². The molecule has 0 bridgehead atoms. The first-order valence-electron chi connectivity index (χ1n) is 7.86. The Balaban J connectivity index is 1.96. The highest BCUT2D eigenvalue weighted by Gasteiger charge is 2.22. The number of rotatable bonds is 8. The van der Waals surface area contributed by atoms with Crippen LogP contribution in [0.5, 0.6) is 0 Å². The molecule has 0 aliphatic carbocycles. The summed E-state index contributed by atoms with van der Waals surface area (Å²) in [4.78, 5) is 24.3. The van der Waals surface area contributed by atoms with Crippen molar-refractivity contribution in [1.29, 1.82) is 0 Å². The standard InChI is InChI=1S/C17H19IN2O5/c1-3-4-5-13(17(22)19-15-10-11(2)25-20-15)24-16(21)9-7-12-6-8-14(18)23-12/h6-10,13H,3-5H2,1-2H3,(H,19,20,22)/b9-7+. The maximum absolute atomic E-state index is 12.3. The molecule has 1 unspecified atom stereocenters. The van der Waals surface area contributed by atoms with E-state index in [-0.39, 0.29) is 0 Å². The van der Waals surface area contributed by atoms with Gasteiger partial charge in [0.05, 0.1) is 0 Å². The lowest BCUT2D eigenvalue weighted by molar-refractivity contribution is -0.149. The Morgan fingerprint density at radius 1 is 1.44 bits per heavy atom. The van der Waals surface area contributed by atoms with E-state index >= 15 is 0 Å². The first kappa shape index (κ1) is 19.2. The lowest BCUT2D eigenvalue weighted by Gasteiger charge is -2.15. The van der Waals surface area contributed by atoms with E-state index in [4.69, 9.17) is 13.7 Å². The van der Waals surface area contributed by atoms with Crippen LogP contribution in [0.3, 0.4) is 0 Å². The molecule has 0 fully saturated rings. The summed E-state index contributed by atoms with van der Waals surface area (Å²) in [5.74, 6) is 0.359. The fraction of sp³-hybridized carbons (Fsp3) is 0.353. The van der Waals surface area contributed by atoms with Crippen LogP contribution in [0.1, 0.15) is 37.7 Å². The van der Waals surface area contributed by atoms with Crippen molar-refractivity contribution < 1.29 is 23.3 Å². The number of carbonyl (C=O) groups is 2. The number of hydrogen-bond acceptors (Lipinski definition) is 6. The fourth-order valence-electron chi connectivity index (χ4n) is 2.01. The van der Waals surface area contributed by atoms with Crippen LogP contribution in [0.4, 0.5) is 5.82 Å². The number of nitrogens with one attached hydrogen (secondary N) is 1. The van der Waals surface area contributed by atoms with Gasteiger partial charge in [-0.1, -0.05) is 18.5 Å². The van der Waals surface area contributed by atoms with E-state index in [9.17, 15) is 9.59 Å². The van der Waals surface area contributed by atoms with Crippen LogP contribution < -0.4 is 5.32 Å². The molecule has 2 heterocycles. The molecule has 0 aliphatic heterocycles. The second-order valence-electron chi connectivity index (χ2n) is 5.36. The third-order valence-corrected chi connectivity index (χ3v) is 3.81. The van der Waals surface area contributed by atoms with Crippen LogP contribution in [0, 0.1) is 10.7 Å². The molecule has 25 heavy (non-hydrogen) atoms. The average Bonchev–Trinajstić information content (AvgIpc) is 3.17. The minimum Gasteiger partial charge on any atom is -0.451 e. The number of unbranched alkanes of at least 4 members (excludes halogenated alkanes) is 1. The number of halogens is 1. The summed E-state index contributed by atoms with van der Waals surface area (Å²) in [6.45, 7) is 3.72. The molecule has 8 heteroatoms. The van der Waals surface area contributed by atoms with Crippen LogP contribution >= 0.6 is 22.6 Å². The number of ether oxygens (including phenoxy) is 1. The molecule has 0 spiro atoms. The molecule has 2 aromatic rings. The van der Waals surface area contributed by atoms with Gasteiger partial charge in [-0.05, 0) is 60.6 Å². The summed E-state index contributed by atoms with van der Waals surface area (Å²) in [5.41, 5.74) is 0. The summed E-state index contributed by atoms with van der Waals surface area (Å²) in [5, 5.41) is 6.29. The van der Waals surface area contributed by atoms with E-state index < -0.39 is 18.0 Å². The minimum atomic E-state index is -0.897. The Morgan fingerprint density at radius 2 is 2.24 bits per heavy atom. The van der Waals surface area contributed by atoms with E-state index in [0.717, 1.165) is 12.8 Å². The zero-order valence-electron chi connectivity index (χ0n) is 14.0. The van der Waals surface area contributed by atoms with Gasteiger partial charge in [-0.25, -0.2) is 4.79 Å². The molecule has 0 saturated heterocycles. The largest absolute Gasteiger partial charge is 0.451 e. The van der Waals surface area contributed by atoms with Crippen molar-refractivity contribution in [2.75, 3.05) is 5.32 Å². The molecule has 2 aromatic heterocycles. The summed E-state index contributed by atoms with van der Waals surface area (Å²) in [6.07, 6.45) is 3.90. The first-order chi connectivity index (χ1) is 12.0. The van der Waals surface area contributed by atoms with E-state index in [2.05, 4.69) is 10.5 Å². The van der Waals surface area contributed by atoms with Gasteiger partial charge < -0.3 is 19.0 Å². The van der Waals surface area contributed by atoms with Crippen molar-refractivity contribution in [2.24, 2.45) is 0 Å². The normalized spacial score (nSPS) is 12.3. The quantitative estimate of drug-likeness (QED) is 0.366. The van der Waals surface area contributed by atoms with Gasteiger partial charge in [0.25, 0.3) is 5.91 Å². The number of aryl methyl sites for hydroxylation is 1. The highest BCUT2D eigenvalue weighted by Crippen LogP contribution is 2.14. The van der Waals surface area contributed by atoms with Crippen LogP contribution in [0.2, 0.25) is 0 Å². The van der Waals surface area contributed by atoms with Crippen molar-refractivity contribution in [3.8, 4) is 0 Å². The Hall–Kier alpha value is -2.10. The number of carbonyl (C=O) groups excluding carboxylic acids is 2. The number of nitrogens with zero attached hydrogens (tertiary/aromatic N) is 1. The molecular weight excluding hydrogens is 439 g/mol. The number of amides is 1. The van der Waals surface area contributed by atoms with Crippen molar-refractivity contribution in [3.05, 3.63) is 39.6 Å². The fourth-order valence-corrected chi connectivity index (χ4v) is 2.45. The van der Waals surface area contributed by atoms with E-state index in [0.29, 0.717) is 27.5 Å². The van der Waals surface area contributed by atoms with Crippen LogP contribution in [0.25, 0.3) is 6.08 Å². The lowest BCUT2D eigenvalue weighted by atomic mass is 10.1. The van der Waals surface area contributed by atoms with E-state index in [1.54, 1.807) is 25.1 Å². The topological polar surface area (TPSA) is 94.6 Å². The lowest BCUT2D eigenvalue weighted by Crippen LogP contribution is -2.32. The predicted molar refractivity (Wildman–Crippen MR) is 99.7 cm³/mol. The predicted octanol–water partition coefficient (Wildman–Crippen LogP) is 3.93. The number of esters is 1.